The fourth-order valence-corrected chi connectivity index (χ4v) is 4.96. The van der Waals surface area contributed by atoms with Gasteiger partial charge in [0.1, 0.15) is 5.78 Å². The quantitative estimate of drug-likeness (QED) is 0.120. The highest BCUT2D eigenvalue weighted by molar-refractivity contribution is 5.75. The first-order valence-electron chi connectivity index (χ1n) is 15.0. The highest BCUT2D eigenvalue weighted by Crippen LogP contribution is 2.30. The van der Waals surface area contributed by atoms with E-state index >= 15 is 0 Å². The molecule has 0 saturated carbocycles. The Hall–Kier alpha value is -0.330. The maximum atomic E-state index is 10.9. The van der Waals surface area contributed by atoms with Crippen molar-refractivity contribution < 1.29 is 4.79 Å². The molecule has 32 heavy (non-hydrogen) atoms. The normalized spacial score (nSPS) is 11.9. The van der Waals surface area contributed by atoms with Gasteiger partial charge in [-0.2, -0.15) is 0 Å². The Labute approximate surface area is 204 Å². The standard InChI is InChI=1S/C31H62O/c1-5-6-7-8-9-10-11-12-13-14-15-16-17-19-22-25-28-31(3,4)29-26-23-20-18-21-24-27-30(2)32/h5-29H2,1-4H3. The van der Waals surface area contributed by atoms with Gasteiger partial charge in [-0.1, -0.05) is 156 Å². The van der Waals surface area contributed by atoms with Crippen LogP contribution in [0.3, 0.4) is 0 Å². The molecule has 0 aliphatic rings. The van der Waals surface area contributed by atoms with E-state index in [0.717, 1.165) is 12.8 Å². The summed E-state index contributed by atoms with van der Waals surface area (Å²) < 4.78 is 0. The van der Waals surface area contributed by atoms with Gasteiger partial charge in [-0.3, -0.25) is 0 Å². The highest BCUT2D eigenvalue weighted by Gasteiger charge is 2.16. The van der Waals surface area contributed by atoms with Gasteiger partial charge in [0.25, 0.3) is 0 Å². The van der Waals surface area contributed by atoms with E-state index in [1.807, 2.05) is 0 Å². The SMILES string of the molecule is CCCCCCCCCCCCCCCCCCC(C)(C)CCCCCCCCC(C)=O. The fourth-order valence-electron chi connectivity index (χ4n) is 4.96. The lowest BCUT2D eigenvalue weighted by Gasteiger charge is -2.24. The first kappa shape index (κ1) is 31.7. The third-order valence-corrected chi connectivity index (χ3v) is 7.34. The zero-order valence-electron chi connectivity index (χ0n) is 23.1. The lowest BCUT2D eigenvalue weighted by atomic mass is 9.82. The molecule has 0 N–H and O–H groups in total. The number of Topliss-reactive ketones (excluding diaryl/α,β-unsaturated/α-hetero) is 1. The minimum atomic E-state index is 0.348. The molecule has 0 aromatic carbocycles. The lowest BCUT2D eigenvalue weighted by Crippen LogP contribution is -2.11. The van der Waals surface area contributed by atoms with E-state index in [4.69, 9.17) is 0 Å². The van der Waals surface area contributed by atoms with Crippen molar-refractivity contribution in [2.24, 2.45) is 5.41 Å². The summed E-state index contributed by atoms with van der Waals surface area (Å²) in [5.74, 6) is 0.348. The van der Waals surface area contributed by atoms with Crippen molar-refractivity contribution in [2.45, 2.75) is 188 Å². The Morgan fingerprint density at radius 1 is 0.469 bits per heavy atom. The van der Waals surface area contributed by atoms with Gasteiger partial charge in [0.15, 0.2) is 0 Å². The number of ketones is 1. The summed E-state index contributed by atoms with van der Waals surface area (Å²) in [7, 11) is 0. The number of carbonyl (C=O) groups is 1. The minimum absolute atomic E-state index is 0.348. The highest BCUT2D eigenvalue weighted by atomic mass is 16.1. The largest absolute Gasteiger partial charge is 0.300 e. The molecule has 0 aromatic heterocycles. The van der Waals surface area contributed by atoms with Crippen molar-refractivity contribution >= 4 is 5.78 Å². The maximum absolute atomic E-state index is 10.9. The van der Waals surface area contributed by atoms with Crippen LogP contribution in [0, 0.1) is 5.41 Å². The molecule has 1 heteroatoms. The van der Waals surface area contributed by atoms with Gasteiger partial charge >= 0.3 is 0 Å². The average Bonchev–Trinajstić information content (AvgIpc) is 2.75. The number of unbranched alkanes of at least 4 members (excludes halogenated alkanes) is 20. The summed E-state index contributed by atoms with van der Waals surface area (Å²) in [4.78, 5) is 10.9. The van der Waals surface area contributed by atoms with Crippen LogP contribution in [0.2, 0.25) is 0 Å². The topological polar surface area (TPSA) is 17.1 Å². The molecular weight excluding hydrogens is 388 g/mol. The van der Waals surface area contributed by atoms with E-state index in [1.54, 1.807) is 6.92 Å². The number of carbonyl (C=O) groups excluding carboxylic acids is 1. The molecule has 0 bridgehead atoms. The third-order valence-electron chi connectivity index (χ3n) is 7.34. The lowest BCUT2D eigenvalue weighted by molar-refractivity contribution is -0.117. The van der Waals surface area contributed by atoms with E-state index < -0.39 is 0 Å². The Balaban J connectivity index is 3.28. The minimum Gasteiger partial charge on any atom is -0.300 e. The predicted molar refractivity (Wildman–Crippen MR) is 146 cm³/mol. The van der Waals surface area contributed by atoms with E-state index in [-0.39, 0.29) is 0 Å². The van der Waals surface area contributed by atoms with Crippen LogP contribution < -0.4 is 0 Å². The molecule has 1 nitrogen and oxygen atoms in total. The van der Waals surface area contributed by atoms with Crippen molar-refractivity contribution in [3.8, 4) is 0 Å². The van der Waals surface area contributed by atoms with E-state index in [0.29, 0.717) is 11.2 Å². The Kier molecular flexibility index (Phi) is 23.6. The summed E-state index contributed by atoms with van der Waals surface area (Å²) in [6.45, 7) is 8.96. The van der Waals surface area contributed by atoms with Gasteiger partial charge < -0.3 is 4.79 Å². The van der Waals surface area contributed by atoms with Crippen LogP contribution in [0.1, 0.15) is 188 Å². The van der Waals surface area contributed by atoms with Crippen LogP contribution in [0.15, 0.2) is 0 Å². The first-order valence-corrected chi connectivity index (χ1v) is 15.0. The van der Waals surface area contributed by atoms with Crippen LogP contribution >= 0.6 is 0 Å². The van der Waals surface area contributed by atoms with Crippen LogP contribution in [0.4, 0.5) is 0 Å². The molecule has 0 aromatic rings. The second-order valence-electron chi connectivity index (χ2n) is 11.5. The summed E-state index contributed by atoms with van der Waals surface area (Å²) in [6, 6.07) is 0. The van der Waals surface area contributed by atoms with E-state index in [2.05, 4.69) is 20.8 Å². The van der Waals surface area contributed by atoms with Gasteiger partial charge in [0.05, 0.1) is 0 Å². The molecule has 0 saturated heterocycles. The van der Waals surface area contributed by atoms with E-state index in [9.17, 15) is 4.79 Å². The fraction of sp³-hybridized carbons (Fsp3) is 0.968. The monoisotopic (exact) mass is 450 g/mol. The predicted octanol–water partition coefficient (Wildman–Crippen LogP) is 11.4. The van der Waals surface area contributed by atoms with Crippen LogP contribution in [-0.2, 0) is 4.79 Å². The van der Waals surface area contributed by atoms with Crippen molar-refractivity contribution in [1.29, 1.82) is 0 Å². The molecule has 0 fully saturated rings. The van der Waals surface area contributed by atoms with Crippen molar-refractivity contribution in [2.75, 3.05) is 0 Å². The molecule has 0 aliphatic heterocycles. The zero-order chi connectivity index (χ0) is 23.8. The van der Waals surface area contributed by atoms with Crippen molar-refractivity contribution in [3.63, 3.8) is 0 Å². The molecule has 0 amide bonds. The van der Waals surface area contributed by atoms with Gasteiger partial charge in [0, 0.05) is 6.42 Å². The summed E-state index contributed by atoms with van der Waals surface area (Å²) in [5.41, 5.74) is 0.532. The van der Waals surface area contributed by atoms with Gasteiger partial charge in [-0.25, -0.2) is 0 Å². The molecule has 0 heterocycles. The van der Waals surface area contributed by atoms with Gasteiger partial charge in [-0.05, 0) is 31.6 Å². The average molecular weight is 451 g/mol. The first-order chi connectivity index (χ1) is 15.5. The molecule has 0 spiro atoms. The second-order valence-corrected chi connectivity index (χ2v) is 11.5. The Morgan fingerprint density at radius 3 is 1.06 bits per heavy atom. The number of hydrogen-bond donors (Lipinski definition) is 0. The van der Waals surface area contributed by atoms with E-state index in [1.165, 1.54) is 148 Å². The molecule has 0 rings (SSSR count). The van der Waals surface area contributed by atoms with Crippen LogP contribution in [0.5, 0.6) is 0 Å². The smallest absolute Gasteiger partial charge is 0.129 e. The number of hydrogen-bond acceptors (Lipinski definition) is 1. The Morgan fingerprint density at radius 2 is 0.750 bits per heavy atom. The molecule has 0 aliphatic carbocycles. The second kappa shape index (κ2) is 23.8. The van der Waals surface area contributed by atoms with Crippen molar-refractivity contribution in [1.82, 2.24) is 0 Å². The molecule has 0 unspecified atom stereocenters. The van der Waals surface area contributed by atoms with Gasteiger partial charge in [0.2, 0.25) is 0 Å². The maximum Gasteiger partial charge on any atom is 0.129 e. The van der Waals surface area contributed by atoms with Crippen molar-refractivity contribution in [3.05, 3.63) is 0 Å². The zero-order valence-corrected chi connectivity index (χ0v) is 23.1. The molecular formula is C31H62O. The van der Waals surface area contributed by atoms with Crippen LogP contribution in [-0.4, -0.2) is 5.78 Å². The summed E-state index contributed by atoms with van der Waals surface area (Å²) in [5, 5.41) is 0. The third kappa shape index (κ3) is 25.9. The summed E-state index contributed by atoms with van der Waals surface area (Å²) >= 11 is 0. The molecule has 0 radical (unpaired) electrons. The Bertz CT molecular complexity index is 384. The van der Waals surface area contributed by atoms with Gasteiger partial charge in [-0.15, -0.1) is 0 Å². The number of rotatable bonds is 26. The molecule has 192 valence electrons. The molecule has 0 atom stereocenters. The summed E-state index contributed by atoms with van der Waals surface area (Å²) in [6.07, 6.45) is 34.6. The van der Waals surface area contributed by atoms with Crippen LogP contribution in [0.25, 0.3) is 0 Å².